The van der Waals surface area contributed by atoms with E-state index in [2.05, 4.69) is 41.5 Å². The molecule has 1 aromatic carbocycles. The Bertz CT molecular complexity index is 1280. The highest BCUT2D eigenvalue weighted by molar-refractivity contribution is 6.30. The van der Waals surface area contributed by atoms with Crippen molar-refractivity contribution in [2.75, 3.05) is 44.3 Å². The standard InChI is InChI=1S/C26H28ClF2N7/c27-19-1-3-22-17(7-19)11-34(21-12-33(13-21)6-5-28)14-24-31-32-25(36(22)24)18-8-26(9-18)15-35(16-26)23-4-2-20(29)10-30-23/h1-4,7,10,18,21H,5-6,8-9,11-16H2. The molecule has 0 radical (unpaired) electrons. The normalized spacial score (nSPS) is 21.9. The summed E-state index contributed by atoms with van der Waals surface area (Å²) in [6.45, 7) is 5.36. The van der Waals surface area contributed by atoms with Gasteiger partial charge in [-0.05, 0) is 48.7 Å². The fraction of sp³-hybridized carbons (Fsp3) is 0.500. The highest BCUT2D eigenvalue weighted by Crippen LogP contribution is 2.56. The second kappa shape index (κ2) is 8.46. The van der Waals surface area contributed by atoms with Crippen molar-refractivity contribution in [2.45, 2.75) is 37.9 Å². The molecule has 5 heterocycles. The van der Waals surface area contributed by atoms with Crippen LogP contribution in [0.2, 0.25) is 5.02 Å². The summed E-state index contributed by atoms with van der Waals surface area (Å²) >= 11 is 6.41. The minimum absolute atomic E-state index is 0.276. The zero-order valence-electron chi connectivity index (χ0n) is 20.0. The van der Waals surface area contributed by atoms with Gasteiger partial charge < -0.3 is 4.90 Å². The number of anilines is 1. The van der Waals surface area contributed by atoms with Gasteiger partial charge in [-0.15, -0.1) is 10.2 Å². The van der Waals surface area contributed by atoms with Crippen LogP contribution < -0.4 is 4.90 Å². The number of hydrogen-bond acceptors (Lipinski definition) is 6. The third kappa shape index (κ3) is 3.71. The van der Waals surface area contributed by atoms with Gasteiger partial charge in [-0.25, -0.2) is 13.8 Å². The number of likely N-dealkylation sites (tertiary alicyclic amines) is 1. The molecule has 7 nitrogen and oxygen atoms in total. The number of pyridine rings is 1. The fourth-order valence-corrected chi connectivity index (χ4v) is 6.75. The Morgan fingerprint density at radius 3 is 2.64 bits per heavy atom. The summed E-state index contributed by atoms with van der Waals surface area (Å²) in [6.07, 6.45) is 3.41. The molecule has 0 N–H and O–H groups in total. The molecular formula is C26H28ClF2N7. The third-order valence-corrected chi connectivity index (χ3v) is 8.66. The van der Waals surface area contributed by atoms with Crippen molar-refractivity contribution in [3.8, 4) is 5.69 Å². The van der Waals surface area contributed by atoms with Gasteiger partial charge in [-0.3, -0.25) is 14.4 Å². The topological polar surface area (TPSA) is 53.3 Å². The van der Waals surface area contributed by atoms with Gasteiger partial charge in [0.05, 0.1) is 18.4 Å². The van der Waals surface area contributed by atoms with Gasteiger partial charge in [0.25, 0.3) is 0 Å². The second-order valence-corrected chi connectivity index (χ2v) is 11.3. The molecule has 7 rings (SSSR count). The number of nitrogens with zero attached hydrogens (tertiary/aromatic N) is 7. The number of rotatable bonds is 5. The molecule has 0 amide bonds. The van der Waals surface area contributed by atoms with Crippen LogP contribution in [0.15, 0.2) is 36.5 Å². The molecule has 0 unspecified atom stereocenters. The lowest BCUT2D eigenvalue weighted by atomic mass is 9.57. The van der Waals surface area contributed by atoms with Gasteiger partial charge in [0.2, 0.25) is 0 Å². The van der Waals surface area contributed by atoms with Crippen molar-refractivity contribution >= 4 is 17.4 Å². The van der Waals surface area contributed by atoms with Gasteiger partial charge in [-0.1, -0.05) is 11.6 Å². The monoisotopic (exact) mass is 511 g/mol. The molecule has 3 aromatic rings. The molecule has 3 fully saturated rings. The van der Waals surface area contributed by atoms with Crippen LogP contribution in [0.25, 0.3) is 5.69 Å². The molecule has 2 saturated heterocycles. The molecule has 1 saturated carbocycles. The Morgan fingerprint density at radius 2 is 1.89 bits per heavy atom. The first kappa shape index (κ1) is 22.6. The molecule has 0 atom stereocenters. The van der Waals surface area contributed by atoms with E-state index < -0.39 is 0 Å². The molecule has 0 bridgehead atoms. The summed E-state index contributed by atoms with van der Waals surface area (Å²) in [5.41, 5.74) is 2.57. The molecule has 36 heavy (non-hydrogen) atoms. The van der Waals surface area contributed by atoms with Crippen molar-refractivity contribution in [2.24, 2.45) is 5.41 Å². The first-order chi connectivity index (χ1) is 17.5. The summed E-state index contributed by atoms with van der Waals surface area (Å²) in [5.74, 6) is 2.88. The average molecular weight is 512 g/mol. The highest BCUT2D eigenvalue weighted by Gasteiger charge is 2.54. The fourth-order valence-electron chi connectivity index (χ4n) is 6.56. The van der Waals surface area contributed by atoms with Gasteiger partial charge in [0, 0.05) is 61.7 Å². The van der Waals surface area contributed by atoms with Crippen LogP contribution in [0.4, 0.5) is 14.6 Å². The molecule has 3 aliphatic heterocycles. The van der Waals surface area contributed by atoms with E-state index in [4.69, 9.17) is 16.7 Å². The summed E-state index contributed by atoms with van der Waals surface area (Å²) in [5, 5.41) is 10.1. The van der Waals surface area contributed by atoms with Crippen LogP contribution in [0.5, 0.6) is 0 Å². The molecule has 188 valence electrons. The lowest BCUT2D eigenvalue weighted by Gasteiger charge is -2.59. The maximum Gasteiger partial charge on any atom is 0.151 e. The lowest BCUT2D eigenvalue weighted by Crippen LogP contribution is -2.62. The number of alkyl halides is 1. The number of fused-ring (bicyclic) bond motifs is 3. The van der Waals surface area contributed by atoms with Crippen molar-refractivity contribution in [3.05, 3.63) is 64.6 Å². The van der Waals surface area contributed by atoms with E-state index in [9.17, 15) is 8.78 Å². The lowest BCUT2D eigenvalue weighted by molar-refractivity contribution is 0.0203. The van der Waals surface area contributed by atoms with Crippen LogP contribution in [0.1, 0.15) is 36.0 Å². The summed E-state index contributed by atoms with van der Waals surface area (Å²) in [4.78, 5) is 11.0. The van der Waals surface area contributed by atoms with Crippen molar-refractivity contribution < 1.29 is 8.78 Å². The number of halogens is 3. The van der Waals surface area contributed by atoms with Crippen molar-refractivity contribution in [1.29, 1.82) is 0 Å². The predicted molar refractivity (Wildman–Crippen MR) is 133 cm³/mol. The summed E-state index contributed by atoms with van der Waals surface area (Å²) < 4.78 is 28.2. The first-order valence-electron chi connectivity index (χ1n) is 12.6. The Kier molecular flexibility index (Phi) is 5.31. The maximum absolute atomic E-state index is 13.2. The zero-order chi connectivity index (χ0) is 24.4. The third-order valence-electron chi connectivity index (χ3n) is 8.42. The van der Waals surface area contributed by atoms with E-state index in [0.717, 1.165) is 80.3 Å². The van der Waals surface area contributed by atoms with Crippen LogP contribution in [-0.4, -0.2) is 75.0 Å². The number of benzene rings is 1. The van der Waals surface area contributed by atoms with Crippen LogP contribution in [-0.2, 0) is 13.1 Å². The molecule has 1 aliphatic carbocycles. The Balaban J connectivity index is 1.10. The smallest absolute Gasteiger partial charge is 0.151 e. The highest BCUT2D eigenvalue weighted by atomic mass is 35.5. The summed E-state index contributed by atoms with van der Waals surface area (Å²) in [6, 6.07) is 9.69. The maximum atomic E-state index is 13.2. The van der Waals surface area contributed by atoms with Gasteiger partial charge in [0.15, 0.2) is 5.82 Å². The van der Waals surface area contributed by atoms with E-state index in [-0.39, 0.29) is 17.9 Å². The van der Waals surface area contributed by atoms with E-state index in [1.165, 1.54) is 17.8 Å². The number of hydrogen-bond donors (Lipinski definition) is 0. The van der Waals surface area contributed by atoms with Crippen LogP contribution >= 0.6 is 11.6 Å². The predicted octanol–water partition coefficient (Wildman–Crippen LogP) is 3.81. The molecule has 4 aliphatic rings. The van der Waals surface area contributed by atoms with E-state index >= 15 is 0 Å². The zero-order valence-corrected chi connectivity index (χ0v) is 20.7. The van der Waals surface area contributed by atoms with Gasteiger partial charge in [0.1, 0.15) is 24.1 Å². The summed E-state index contributed by atoms with van der Waals surface area (Å²) in [7, 11) is 0. The molecule has 1 spiro atoms. The molecule has 10 heteroatoms. The average Bonchev–Trinajstić information content (AvgIpc) is 3.10. The van der Waals surface area contributed by atoms with Gasteiger partial charge >= 0.3 is 0 Å². The van der Waals surface area contributed by atoms with E-state index in [0.29, 0.717) is 18.5 Å². The first-order valence-corrected chi connectivity index (χ1v) is 13.0. The minimum Gasteiger partial charge on any atom is -0.355 e. The minimum atomic E-state index is -0.306. The van der Waals surface area contributed by atoms with Crippen LogP contribution in [0, 0.1) is 11.2 Å². The Labute approximate surface area is 213 Å². The van der Waals surface area contributed by atoms with Gasteiger partial charge in [-0.2, -0.15) is 0 Å². The molecule has 2 aromatic heterocycles. The Hall–Kier alpha value is -2.62. The number of aromatic nitrogens is 4. The quantitative estimate of drug-likeness (QED) is 0.519. The van der Waals surface area contributed by atoms with Crippen molar-refractivity contribution in [1.82, 2.24) is 29.5 Å². The van der Waals surface area contributed by atoms with Crippen molar-refractivity contribution in [3.63, 3.8) is 0 Å². The second-order valence-electron chi connectivity index (χ2n) is 10.9. The van der Waals surface area contributed by atoms with Crippen LogP contribution in [0.3, 0.4) is 0 Å². The SMILES string of the molecule is FCCN1CC(N2Cc3cc(Cl)ccc3-n3c(nnc3C3CC4(C3)CN(c3ccc(F)cn3)C4)C2)C1. The molecular weight excluding hydrogens is 484 g/mol. The van der Waals surface area contributed by atoms with E-state index in [1.54, 1.807) is 6.07 Å². The largest absolute Gasteiger partial charge is 0.355 e. The van der Waals surface area contributed by atoms with E-state index in [1.807, 2.05) is 6.07 Å². The Morgan fingerprint density at radius 1 is 1.06 bits per heavy atom.